The van der Waals surface area contributed by atoms with E-state index in [-0.39, 0.29) is 23.5 Å². The van der Waals surface area contributed by atoms with E-state index < -0.39 is 10.8 Å². The zero-order chi connectivity index (χ0) is 22.0. The Morgan fingerprint density at radius 2 is 1.71 bits per heavy atom. The highest BCUT2D eigenvalue weighted by atomic mass is 16.6. The molecule has 154 valence electrons. The number of nitrogens with one attached hydrogen (secondary N) is 1. The van der Waals surface area contributed by atoms with Gasteiger partial charge >= 0.3 is 0 Å². The third-order valence-corrected chi connectivity index (χ3v) is 4.94. The van der Waals surface area contributed by atoms with Crippen molar-refractivity contribution in [2.24, 2.45) is 0 Å². The molecule has 0 saturated carbocycles. The summed E-state index contributed by atoms with van der Waals surface area (Å²) in [6.07, 6.45) is 0. The Balaban J connectivity index is 1.79. The molecule has 1 amide bonds. The summed E-state index contributed by atoms with van der Waals surface area (Å²) < 4.78 is 1.26. The van der Waals surface area contributed by atoms with Crippen molar-refractivity contribution in [3.8, 4) is 0 Å². The first-order valence-electron chi connectivity index (χ1n) is 9.54. The van der Waals surface area contributed by atoms with Crippen LogP contribution in [0.15, 0.2) is 77.6 Å². The number of non-ortho nitro benzene ring substituents is 1. The number of aryl methyl sites for hydroxylation is 1. The smallest absolute Gasteiger partial charge is 0.276 e. The molecule has 0 aliphatic rings. The lowest BCUT2D eigenvalue weighted by Gasteiger charge is -2.12. The van der Waals surface area contributed by atoms with Crippen molar-refractivity contribution in [2.75, 3.05) is 5.32 Å². The van der Waals surface area contributed by atoms with Crippen LogP contribution in [-0.4, -0.2) is 20.6 Å². The van der Waals surface area contributed by atoms with Crippen LogP contribution >= 0.6 is 0 Å². The number of fused-ring (bicyclic) bond motifs is 1. The van der Waals surface area contributed by atoms with Gasteiger partial charge in [0.15, 0.2) is 5.69 Å². The number of hydrogen-bond donors (Lipinski definition) is 1. The van der Waals surface area contributed by atoms with Crippen molar-refractivity contribution < 1.29 is 9.72 Å². The fourth-order valence-corrected chi connectivity index (χ4v) is 3.31. The molecule has 0 atom stereocenters. The van der Waals surface area contributed by atoms with Crippen LogP contribution in [-0.2, 0) is 6.54 Å². The summed E-state index contributed by atoms with van der Waals surface area (Å²) in [5.41, 5.74) is 1.48. The molecule has 0 radical (unpaired) electrons. The molecule has 0 unspecified atom stereocenters. The number of amides is 1. The van der Waals surface area contributed by atoms with Gasteiger partial charge in [-0.2, -0.15) is 5.10 Å². The second-order valence-corrected chi connectivity index (χ2v) is 7.05. The third-order valence-electron chi connectivity index (χ3n) is 4.94. The van der Waals surface area contributed by atoms with Crippen molar-refractivity contribution >= 4 is 28.1 Å². The Bertz CT molecular complexity index is 1360. The van der Waals surface area contributed by atoms with Gasteiger partial charge in [0.2, 0.25) is 0 Å². The number of carbonyl (C=O) groups excluding carboxylic acids is 1. The topological polar surface area (TPSA) is 107 Å². The maximum absolute atomic E-state index is 13.1. The SMILES string of the molecule is Cc1ccc([N+](=O)[O-])cc1NC(=O)c1nn(Cc2ccccc2)c(=O)c2ccccc12. The van der Waals surface area contributed by atoms with E-state index in [1.807, 2.05) is 30.3 Å². The number of aromatic nitrogens is 2. The lowest BCUT2D eigenvalue weighted by atomic mass is 10.1. The van der Waals surface area contributed by atoms with Gasteiger partial charge in [-0.25, -0.2) is 4.68 Å². The standard InChI is InChI=1S/C23H18N4O4/c1-15-11-12-17(27(30)31)13-20(15)24-22(28)21-18-9-5-6-10-19(18)23(29)26(25-21)14-16-7-3-2-4-8-16/h2-13H,14H2,1H3,(H,24,28). The van der Waals surface area contributed by atoms with Gasteiger partial charge in [-0.3, -0.25) is 19.7 Å². The quantitative estimate of drug-likeness (QED) is 0.393. The van der Waals surface area contributed by atoms with Crippen molar-refractivity contribution in [3.63, 3.8) is 0 Å². The van der Waals surface area contributed by atoms with Gasteiger partial charge in [0.25, 0.3) is 17.2 Å². The lowest BCUT2D eigenvalue weighted by Crippen LogP contribution is -2.28. The van der Waals surface area contributed by atoms with Gasteiger partial charge in [0.05, 0.1) is 22.5 Å². The molecule has 8 heteroatoms. The van der Waals surface area contributed by atoms with E-state index in [9.17, 15) is 19.7 Å². The van der Waals surface area contributed by atoms with Crippen LogP contribution in [0.2, 0.25) is 0 Å². The molecule has 0 bridgehead atoms. The van der Waals surface area contributed by atoms with E-state index in [4.69, 9.17) is 0 Å². The molecule has 0 saturated heterocycles. The van der Waals surface area contributed by atoms with Gasteiger partial charge in [0.1, 0.15) is 0 Å². The fourth-order valence-electron chi connectivity index (χ4n) is 3.31. The summed E-state index contributed by atoms with van der Waals surface area (Å²) in [7, 11) is 0. The number of hydrogen-bond acceptors (Lipinski definition) is 5. The highest BCUT2D eigenvalue weighted by molar-refractivity contribution is 6.11. The van der Waals surface area contributed by atoms with Crippen LogP contribution in [0.5, 0.6) is 0 Å². The Kier molecular flexibility index (Phi) is 5.28. The van der Waals surface area contributed by atoms with E-state index in [0.29, 0.717) is 22.0 Å². The minimum atomic E-state index is -0.554. The zero-order valence-electron chi connectivity index (χ0n) is 16.6. The fraction of sp³-hybridized carbons (Fsp3) is 0.0870. The summed E-state index contributed by atoms with van der Waals surface area (Å²) in [6, 6.07) is 20.3. The minimum absolute atomic E-state index is 0.0667. The summed E-state index contributed by atoms with van der Waals surface area (Å²) >= 11 is 0. The van der Waals surface area contributed by atoms with Gasteiger partial charge in [0, 0.05) is 17.5 Å². The van der Waals surface area contributed by atoms with E-state index in [1.165, 1.54) is 16.8 Å². The second kappa shape index (κ2) is 8.19. The van der Waals surface area contributed by atoms with E-state index in [0.717, 1.165) is 5.56 Å². The molecule has 1 heterocycles. The molecule has 0 fully saturated rings. The van der Waals surface area contributed by atoms with Crippen LogP contribution in [0.25, 0.3) is 10.8 Å². The first-order chi connectivity index (χ1) is 14.9. The first kappa shape index (κ1) is 20.0. The number of benzene rings is 3. The number of nitrogens with zero attached hydrogens (tertiary/aromatic N) is 3. The van der Waals surface area contributed by atoms with E-state index >= 15 is 0 Å². The molecular weight excluding hydrogens is 396 g/mol. The van der Waals surface area contributed by atoms with Crippen LogP contribution in [0, 0.1) is 17.0 Å². The molecule has 1 N–H and O–H groups in total. The van der Waals surface area contributed by atoms with E-state index in [2.05, 4.69) is 10.4 Å². The predicted octanol–water partition coefficient (Wildman–Crippen LogP) is 3.91. The molecule has 0 aliphatic carbocycles. The summed E-state index contributed by atoms with van der Waals surface area (Å²) in [4.78, 5) is 36.6. The maximum atomic E-state index is 13.1. The van der Waals surface area contributed by atoms with Crippen LogP contribution in [0.4, 0.5) is 11.4 Å². The average molecular weight is 414 g/mol. The van der Waals surface area contributed by atoms with E-state index in [1.54, 1.807) is 37.3 Å². The van der Waals surface area contributed by atoms with Crippen LogP contribution in [0.1, 0.15) is 21.6 Å². The predicted molar refractivity (Wildman–Crippen MR) is 117 cm³/mol. The maximum Gasteiger partial charge on any atom is 0.276 e. The highest BCUT2D eigenvalue weighted by Gasteiger charge is 2.19. The van der Waals surface area contributed by atoms with Gasteiger partial charge in [-0.1, -0.05) is 54.6 Å². The molecule has 0 spiro atoms. The molecular formula is C23H18N4O4. The van der Waals surface area contributed by atoms with Gasteiger partial charge in [-0.15, -0.1) is 0 Å². The first-order valence-corrected chi connectivity index (χ1v) is 9.54. The Hall–Kier alpha value is -4.33. The van der Waals surface area contributed by atoms with Gasteiger partial charge < -0.3 is 5.32 Å². The third kappa shape index (κ3) is 4.04. The molecule has 31 heavy (non-hydrogen) atoms. The van der Waals surface area contributed by atoms with Crippen molar-refractivity contribution in [2.45, 2.75) is 13.5 Å². The Morgan fingerprint density at radius 1 is 1.03 bits per heavy atom. The minimum Gasteiger partial charge on any atom is -0.320 e. The summed E-state index contributed by atoms with van der Waals surface area (Å²) in [6.45, 7) is 1.95. The summed E-state index contributed by atoms with van der Waals surface area (Å²) in [5, 5.41) is 18.9. The van der Waals surface area contributed by atoms with Crippen LogP contribution < -0.4 is 10.9 Å². The van der Waals surface area contributed by atoms with Gasteiger partial charge in [-0.05, 0) is 24.1 Å². The Labute approximate surface area is 176 Å². The number of carbonyl (C=O) groups is 1. The number of nitro groups is 1. The van der Waals surface area contributed by atoms with Crippen molar-refractivity contribution in [1.29, 1.82) is 0 Å². The molecule has 0 aliphatic heterocycles. The average Bonchev–Trinajstić information content (AvgIpc) is 2.77. The number of anilines is 1. The number of rotatable bonds is 5. The van der Waals surface area contributed by atoms with Crippen LogP contribution in [0.3, 0.4) is 0 Å². The van der Waals surface area contributed by atoms with Crippen molar-refractivity contribution in [3.05, 3.63) is 110 Å². The molecule has 4 rings (SSSR count). The molecule has 8 nitrogen and oxygen atoms in total. The van der Waals surface area contributed by atoms with Crippen molar-refractivity contribution in [1.82, 2.24) is 9.78 Å². The zero-order valence-corrected chi connectivity index (χ0v) is 16.6. The lowest BCUT2D eigenvalue weighted by molar-refractivity contribution is -0.384. The molecule has 3 aromatic carbocycles. The highest BCUT2D eigenvalue weighted by Crippen LogP contribution is 2.23. The molecule has 4 aromatic rings. The number of nitro benzene ring substituents is 1. The molecule has 1 aromatic heterocycles. The second-order valence-electron chi connectivity index (χ2n) is 7.05. The monoisotopic (exact) mass is 414 g/mol. The Morgan fingerprint density at radius 3 is 2.42 bits per heavy atom. The largest absolute Gasteiger partial charge is 0.320 e. The summed E-state index contributed by atoms with van der Waals surface area (Å²) in [5.74, 6) is -0.554. The normalized spacial score (nSPS) is 10.7.